The summed E-state index contributed by atoms with van der Waals surface area (Å²) in [6.45, 7) is 0.831. The van der Waals surface area contributed by atoms with Crippen LogP contribution in [0.25, 0.3) is 0 Å². The normalized spacial score (nSPS) is 16.4. The van der Waals surface area contributed by atoms with Gasteiger partial charge in [0, 0.05) is 18.3 Å². The average molecular weight is 276 g/mol. The van der Waals surface area contributed by atoms with Gasteiger partial charge in [-0.1, -0.05) is 25.3 Å². The predicted molar refractivity (Wildman–Crippen MR) is 80.5 cm³/mol. The molecular weight excluding hydrogens is 252 g/mol. The Hall–Kier alpha value is -1.55. The predicted octanol–water partition coefficient (Wildman–Crippen LogP) is 2.82. The van der Waals surface area contributed by atoms with Gasteiger partial charge in [0.25, 0.3) is 0 Å². The van der Waals surface area contributed by atoms with Crippen LogP contribution in [0.5, 0.6) is 0 Å². The Morgan fingerprint density at radius 1 is 1.35 bits per heavy atom. The van der Waals surface area contributed by atoms with Crippen LogP contribution in [0.3, 0.4) is 0 Å². The molecule has 1 aliphatic rings. The lowest BCUT2D eigenvalue weighted by atomic mass is 9.94. The molecule has 1 aliphatic carbocycles. The highest BCUT2D eigenvalue weighted by molar-refractivity contribution is 5.90. The molecule has 1 saturated carbocycles. The Morgan fingerprint density at radius 2 is 2.05 bits per heavy atom. The van der Waals surface area contributed by atoms with Gasteiger partial charge in [0.05, 0.1) is 12.7 Å². The standard InChI is InChI=1S/C16H24N2O2/c1-18(14-6-4-3-5-7-14)11-13-9-8-12(10-15(13)17)16(19)20-2/h8-10,14H,3-7,11,17H2,1-2H3. The lowest BCUT2D eigenvalue weighted by molar-refractivity contribution is 0.0601. The average Bonchev–Trinajstić information content (AvgIpc) is 2.49. The van der Waals surface area contributed by atoms with Crippen molar-refractivity contribution >= 4 is 11.7 Å². The number of nitrogens with two attached hydrogens (primary N) is 1. The van der Waals surface area contributed by atoms with Crippen LogP contribution in [-0.4, -0.2) is 31.1 Å². The molecule has 0 heterocycles. The first-order valence-electron chi connectivity index (χ1n) is 7.28. The van der Waals surface area contributed by atoms with Crippen molar-refractivity contribution in [2.24, 2.45) is 0 Å². The Morgan fingerprint density at radius 3 is 2.65 bits per heavy atom. The number of hydrogen-bond donors (Lipinski definition) is 1. The number of methoxy groups -OCH3 is 1. The molecule has 0 unspecified atom stereocenters. The summed E-state index contributed by atoms with van der Waals surface area (Å²) in [5.41, 5.74) is 8.30. The fourth-order valence-electron chi connectivity index (χ4n) is 2.90. The molecular formula is C16H24N2O2. The van der Waals surface area contributed by atoms with Gasteiger partial charge in [0.2, 0.25) is 0 Å². The Balaban J connectivity index is 2.03. The molecule has 1 aromatic rings. The zero-order chi connectivity index (χ0) is 14.5. The highest BCUT2D eigenvalue weighted by Crippen LogP contribution is 2.24. The maximum atomic E-state index is 11.5. The lowest BCUT2D eigenvalue weighted by Gasteiger charge is -2.31. The Kier molecular flexibility index (Phi) is 5.01. The minimum atomic E-state index is -0.344. The third-order valence-electron chi connectivity index (χ3n) is 4.18. The second-order valence-corrected chi connectivity index (χ2v) is 5.61. The molecule has 0 aromatic heterocycles. The van der Waals surface area contributed by atoms with Crippen molar-refractivity contribution < 1.29 is 9.53 Å². The smallest absolute Gasteiger partial charge is 0.337 e. The van der Waals surface area contributed by atoms with E-state index < -0.39 is 0 Å². The molecule has 0 saturated heterocycles. The number of ether oxygens (including phenoxy) is 1. The van der Waals surface area contributed by atoms with Gasteiger partial charge < -0.3 is 10.5 Å². The number of carbonyl (C=O) groups excluding carboxylic acids is 1. The summed E-state index contributed by atoms with van der Waals surface area (Å²) in [4.78, 5) is 13.8. The van der Waals surface area contributed by atoms with Gasteiger partial charge in [0.1, 0.15) is 0 Å². The number of esters is 1. The van der Waals surface area contributed by atoms with Gasteiger partial charge in [-0.2, -0.15) is 0 Å². The van der Waals surface area contributed by atoms with Gasteiger partial charge in [-0.15, -0.1) is 0 Å². The van der Waals surface area contributed by atoms with Gasteiger partial charge >= 0.3 is 5.97 Å². The Bertz CT molecular complexity index is 468. The molecule has 20 heavy (non-hydrogen) atoms. The number of hydrogen-bond acceptors (Lipinski definition) is 4. The van der Waals surface area contributed by atoms with E-state index in [-0.39, 0.29) is 5.97 Å². The quantitative estimate of drug-likeness (QED) is 0.678. The first-order chi connectivity index (χ1) is 9.61. The van der Waals surface area contributed by atoms with Gasteiger partial charge in [0.15, 0.2) is 0 Å². The highest BCUT2D eigenvalue weighted by atomic mass is 16.5. The summed E-state index contributed by atoms with van der Waals surface area (Å²) in [6.07, 6.45) is 6.56. The van der Waals surface area contributed by atoms with Gasteiger partial charge in [-0.3, -0.25) is 4.90 Å². The summed E-state index contributed by atoms with van der Waals surface area (Å²) in [5.74, 6) is -0.344. The van der Waals surface area contributed by atoms with E-state index in [4.69, 9.17) is 10.5 Å². The van der Waals surface area contributed by atoms with Crippen molar-refractivity contribution in [1.82, 2.24) is 4.90 Å². The van der Waals surface area contributed by atoms with Crippen LogP contribution < -0.4 is 5.73 Å². The molecule has 0 atom stereocenters. The summed E-state index contributed by atoms with van der Waals surface area (Å²) in [5, 5.41) is 0. The SMILES string of the molecule is COC(=O)c1ccc(CN(C)C2CCCCC2)c(N)c1. The Labute approximate surface area is 120 Å². The van der Waals surface area contributed by atoms with E-state index in [0.29, 0.717) is 17.3 Å². The van der Waals surface area contributed by atoms with Crippen molar-refractivity contribution in [3.63, 3.8) is 0 Å². The van der Waals surface area contributed by atoms with Crippen molar-refractivity contribution in [2.45, 2.75) is 44.7 Å². The van der Waals surface area contributed by atoms with Crippen molar-refractivity contribution in [3.05, 3.63) is 29.3 Å². The molecule has 4 heteroatoms. The first kappa shape index (κ1) is 14.9. The third-order valence-corrected chi connectivity index (χ3v) is 4.18. The van der Waals surface area contributed by atoms with Crippen LogP contribution in [0, 0.1) is 0 Å². The molecule has 1 aromatic carbocycles. The van der Waals surface area contributed by atoms with Crippen LogP contribution in [-0.2, 0) is 11.3 Å². The fourth-order valence-corrected chi connectivity index (χ4v) is 2.90. The zero-order valence-corrected chi connectivity index (χ0v) is 12.4. The number of carbonyl (C=O) groups is 1. The number of benzene rings is 1. The molecule has 4 nitrogen and oxygen atoms in total. The van der Waals surface area contributed by atoms with Gasteiger partial charge in [-0.25, -0.2) is 4.79 Å². The van der Waals surface area contributed by atoms with E-state index in [2.05, 4.69) is 11.9 Å². The number of nitrogen functional groups attached to an aromatic ring is 1. The maximum Gasteiger partial charge on any atom is 0.337 e. The van der Waals surface area contributed by atoms with Crippen LogP contribution in [0.4, 0.5) is 5.69 Å². The summed E-state index contributed by atoms with van der Waals surface area (Å²) >= 11 is 0. The van der Waals surface area contributed by atoms with E-state index in [1.807, 2.05) is 6.07 Å². The first-order valence-corrected chi connectivity index (χ1v) is 7.28. The van der Waals surface area contributed by atoms with E-state index in [0.717, 1.165) is 12.1 Å². The van der Waals surface area contributed by atoms with Crippen LogP contribution in [0.15, 0.2) is 18.2 Å². The second-order valence-electron chi connectivity index (χ2n) is 5.61. The number of anilines is 1. The van der Waals surface area contributed by atoms with E-state index >= 15 is 0 Å². The van der Waals surface area contributed by atoms with E-state index in [9.17, 15) is 4.79 Å². The molecule has 2 rings (SSSR count). The number of nitrogens with zero attached hydrogens (tertiary/aromatic N) is 1. The lowest BCUT2D eigenvalue weighted by Crippen LogP contribution is -2.33. The van der Waals surface area contributed by atoms with E-state index in [1.165, 1.54) is 39.2 Å². The monoisotopic (exact) mass is 276 g/mol. The third kappa shape index (κ3) is 3.51. The van der Waals surface area contributed by atoms with Crippen LogP contribution in [0.2, 0.25) is 0 Å². The highest BCUT2D eigenvalue weighted by Gasteiger charge is 2.19. The molecule has 110 valence electrons. The molecule has 0 spiro atoms. The van der Waals surface area contributed by atoms with Crippen molar-refractivity contribution in [3.8, 4) is 0 Å². The minimum absolute atomic E-state index is 0.344. The molecule has 0 aliphatic heterocycles. The van der Waals surface area contributed by atoms with Crippen LogP contribution in [0.1, 0.15) is 48.0 Å². The van der Waals surface area contributed by atoms with Crippen molar-refractivity contribution in [2.75, 3.05) is 19.9 Å². The van der Waals surface area contributed by atoms with Crippen molar-refractivity contribution in [1.29, 1.82) is 0 Å². The second kappa shape index (κ2) is 6.75. The van der Waals surface area contributed by atoms with Gasteiger partial charge in [-0.05, 0) is 37.6 Å². The minimum Gasteiger partial charge on any atom is -0.465 e. The summed E-state index contributed by atoms with van der Waals surface area (Å²) < 4.78 is 4.70. The fraction of sp³-hybridized carbons (Fsp3) is 0.562. The number of rotatable bonds is 4. The summed E-state index contributed by atoms with van der Waals surface area (Å²) in [6, 6.07) is 6.08. The van der Waals surface area contributed by atoms with E-state index in [1.54, 1.807) is 12.1 Å². The van der Waals surface area contributed by atoms with Crippen LogP contribution >= 0.6 is 0 Å². The topological polar surface area (TPSA) is 55.6 Å². The molecule has 2 N–H and O–H groups in total. The zero-order valence-electron chi connectivity index (χ0n) is 12.4. The maximum absolute atomic E-state index is 11.5. The molecule has 1 fully saturated rings. The molecule has 0 radical (unpaired) electrons. The largest absolute Gasteiger partial charge is 0.465 e. The molecule has 0 bridgehead atoms. The molecule has 0 amide bonds. The summed E-state index contributed by atoms with van der Waals surface area (Å²) in [7, 11) is 3.53.